The Hall–Kier alpha value is -2.47. The van der Waals surface area contributed by atoms with Crippen molar-refractivity contribution in [1.82, 2.24) is 4.90 Å². The topological polar surface area (TPSA) is 63.5 Å². The summed E-state index contributed by atoms with van der Waals surface area (Å²) in [5, 5.41) is 10.9. The molecule has 2 aromatic carbocycles. The van der Waals surface area contributed by atoms with Crippen LogP contribution in [0, 0.1) is 15.9 Å². The zero-order valence-electron chi connectivity index (χ0n) is 12.3. The molecule has 0 aliphatic rings. The van der Waals surface area contributed by atoms with Gasteiger partial charge in [-0.3, -0.25) is 14.9 Å². The van der Waals surface area contributed by atoms with E-state index in [4.69, 9.17) is 11.6 Å². The predicted octanol–water partition coefficient (Wildman–Crippen LogP) is 4.05. The molecule has 0 saturated carbocycles. The monoisotopic (exact) mass is 336 g/mol. The summed E-state index contributed by atoms with van der Waals surface area (Å²) in [6, 6.07) is 9.86. The number of amides is 1. The molecular formula is C16H14ClFN2O3. The first-order valence-electron chi connectivity index (χ1n) is 6.90. The van der Waals surface area contributed by atoms with Crippen LogP contribution in [-0.2, 0) is 6.54 Å². The summed E-state index contributed by atoms with van der Waals surface area (Å²) in [7, 11) is 0. The second-order valence-electron chi connectivity index (χ2n) is 4.87. The van der Waals surface area contributed by atoms with Gasteiger partial charge in [-0.05, 0) is 36.8 Å². The predicted molar refractivity (Wildman–Crippen MR) is 84.9 cm³/mol. The van der Waals surface area contributed by atoms with Gasteiger partial charge in [-0.1, -0.05) is 23.7 Å². The highest BCUT2D eigenvalue weighted by Crippen LogP contribution is 2.26. The average molecular weight is 337 g/mol. The Morgan fingerprint density at radius 1 is 1.30 bits per heavy atom. The van der Waals surface area contributed by atoms with Crippen LogP contribution in [0.5, 0.6) is 0 Å². The van der Waals surface area contributed by atoms with E-state index in [1.165, 1.54) is 29.2 Å². The Morgan fingerprint density at radius 3 is 2.65 bits per heavy atom. The quantitative estimate of drug-likeness (QED) is 0.611. The van der Waals surface area contributed by atoms with Gasteiger partial charge in [0.05, 0.1) is 4.92 Å². The van der Waals surface area contributed by atoms with Gasteiger partial charge in [0, 0.05) is 24.7 Å². The van der Waals surface area contributed by atoms with Crippen LogP contribution in [0.2, 0.25) is 5.02 Å². The first-order valence-corrected chi connectivity index (χ1v) is 7.27. The van der Waals surface area contributed by atoms with Gasteiger partial charge >= 0.3 is 0 Å². The summed E-state index contributed by atoms with van der Waals surface area (Å²) in [6.07, 6.45) is 0. The number of nitro groups is 1. The van der Waals surface area contributed by atoms with Crippen molar-refractivity contribution in [2.24, 2.45) is 0 Å². The van der Waals surface area contributed by atoms with Gasteiger partial charge in [0.1, 0.15) is 10.8 Å². The molecule has 0 fully saturated rings. The third-order valence-corrected chi connectivity index (χ3v) is 3.64. The fourth-order valence-corrected chi connectivity index (χ4v) is 2.34. The smallest absolute Gasteiger partial charge is 0.288 e. The Balaban J connectivity index is 2.26. The molecule has 5 nitrogen and oxygen atoms in total. The van der Waals surface area contributed by atoms with E-state index < -0.39 is 4.92 Å². The van der Waals surface area contributed by atoms with E-state index in [-0.39, 0.29) is 34.5 Å². The van der Waals surface area contributed by atoms with Gasteiger partial charge in [-0.25, -0.2) is 4.39 Å². The maximum Gasteiger partial charge on any atom is 0.288 e. The molecule has 1 amide bonds. The summed E-state index contributed by atoms with van der Waals surface area (Å²) in [4.78, 5) is 24.3. The molecule has 2 rings (SSSR count). The summed E-state index contributed by atoms with van der Waals surface area (Å²) < 4.78 is 13.2. The molecule has 0 N–H and O–H groups in total. The van der Waals surface area contributed by atoms with Crippen LogP contribution in [0.15, 0.2) is 42.5 Å². The maximum atomic E-state index is 13.2. The normalized spacial score (nSPS) is 10.4. The molecule has 120 valence electrons. The second kappa shape index (κ2) is 7.19. The molecule has 0 aliphatic carbocycles. The average Bonchev–Trinajstić information content (AvgIpc) is 2.52. The third-order valence-electron chi connectivity index (χ3n) is 3.32. The van der Waals surface area contributed by atoms with Gasteiger partial charge in [0.25, 0.3) is 11.6 Å². The molecule has 7 heteroatoms. The standard InChI is InChI=1S/C16H14ClFN2O3/c1-2-19(10-11-4-3-5-13(18)8-11)16(21)12-6-7-14(17)15(9-12)20(22)23/h3-9H,2,10H2,1H3. The molecule has 0 aromatic heterocycles. The summed E-state index contributed by atoms with van der Waals surface area (Å²) in [5.41, 5.74) is 0.488. The molecular weight excluding hydrogens is 323 g/mol. The van der Waals surface area contributed by atoms with Crippen molar-refractivity contribution in [3.63, 3.8) is 0 Å². The van der Waals surface area contributed by atoms with E-state index in [1.54, 1.807) is 19.1 Å². The Morgan fingerprint density at radius 2 is 2.04 bits per heavy atom. The molecule has 2 aromatic rings. The summed E-state index contributed by atoms with van der Waals surface area (Å²) in [6.45, 7) is 2.37. The van der Waals surface area contributed by atoms with Crippen LogP contribution < -0.4 is 0 Å². The zero-order valence-corrected chi connectivity index (χ0v) is 13.1. The van der Waals surface area contributed by atoms with Crippen LogP contribution in [-0.4, -0.2) is 22.3 Å². The number of hydrogen-bond acceptors (Lipinski definition) is 3. The summed E-state index contributed by atoms with van der Waals surface area (Å²) >= 11 is 5.75. The van der Waals surface area contributed by atoms with Crippen molar-refractivity contribution in [3.05, 3.63) is 74.5 Å². The van der Waals surface area contributed by atoms with E-state index in [0.29, 0.717) is 12.1 Å². The van der Waals surface area contributed by atoms with Gasteiger partial charge in [-0.2, -0.15) is 0 Å². The highest BCUT2D eigenvalue weighted by atomic mass is 35.5. The van der Waals surface area contributed by atoms with Gasteiger partial charge in [0.15, 0.2) is 0 Å². The van der Waals surface area contributed by atoms with Gasteiger partial charge in [0.2, 0.25) is 0 Å². The fraction of sp³-hybridized carbons (Fsp3) is 0.188. The largest absolute Gasteiger partial charge is 0.335 e. The first kappa shape index (κ1) is 16.9. The molecule has 0 saturated heterocycles. The lowest BCUT2D eigenvalue weighted by Crippen LogP contribution is -2.30. The van der Waals surface area contributed by atoms with Crippen LogP contribution in [0.3, 0.4) is 0 Å². The number of rotatable bonds is 5. The van der Waals surface area contributed by atoms with Crippen LogP contribution in [0.4, 0.5) is 10.1 Å². The lowest BCUT2D eigenvalue weighted by molar-refractivity contribution is -0.384. The van der Waals surface area contributed by atoms with E-state index in [1.807, 2.05) is 0 Å². The maximum absolute atomic E-state index is 13.2. The number of carbonyl (C=O) groups excluding carboxylic acids is 1. The van der Waals surface area contributed by atoms with Crippen LogP contribution in [0.1, 0.15) is 22.8 Å². The number of hydrogen-bond donors (Lipinski definition) is 0. The number of carbonyl (C=O) groups is 1. The van der Waals surface area contributed by atoms with Crippen LogP contribution >= 0.6 is 11.6 Å². The minimum absolute atomic E-state index is 0.0280. The summed E-state index contributed by atoms with van der Waals surface area (Å²) in [5.74, 6) is -0.760. The lowest BCUT2D eigenvalue weighted by atomic mass is 10.1. The minimum Gasteiger partial charge on any atom is -0.335 e. The molecule has 0 bridgehead atoms. The van der Waals surface area contributed by atoms with Gasteiger partial charge < -0.3 is 4.90 Å². The lowest BCUT2D eigenvalue weighted by Gasteiger charge is -2.21. The van der Waals surface area contributed by atoms with E-state index >= 15 is 0 Å². The molecule has 0 aliphatic heterocycles. The molecule has 0 spiro atoms. The molecule has 0 radical (unpaired) electrons. The Kier molecular flexibility index (Phi) is 5.28. The molecule has 0 heterocycles. The van der Waals surface area contributed by atoms with E-state index in [2.05, 4.69) is 0 Å². The van der Waals surface area contributed by atoms with Gasteiger partial charge in [-0.15, -0.1) is 0 Å². The molecule has 0 atom stereocenters. The first-order chi connectivity index (χ1) is 10.9. The number of nitro benzene ring substituents is 1. The number of halogens is 2. The van der Waals surface area contributed by atoms with E-state index in [9.17, 15) is 19.3 Å². The highest BCUT2D eigenvalue weighted by molar-refractivity contribution is 6.32. The second-order valence-corrected chi connectivity index (χ2v) is 5.28. The molecule has 0 unspecified atom stereocenters. The van der Waals surface area contributed by atoms with E-state index in [0.717, 1.165) is 6.07 Å². The fourth-order valence-electron chi connectivity index (χ4n) is 2.15. The highest BCUT2D eigenvalue weighted by Gasteiger charge is 2.20. The van der Waals surface area contributed by atoms with Crippen molar-refractivity contribution in [3.8, 4) is 0 Å². The van der Waals surface area contributed by atoms with Crippen molar-refractivity contribution >= 4 is 23.2 Å². The number of nitrogens with zero attached hydrogens (tertiary/aromatic N) is 2. The van der Waals surface area contributed by atoms with Crippen molar-refractivity contribution in [2.45, 2.75) is 13.5 Å². The van der Waals surface area contributed by atoms with Crippen LogP contribution in [0.25, 0.3) is 0 Å². The van der Waals surface area contributed by atoms with Crippen molar-refractivity contribution in [2.75, 3.05) is 6.54 Å². The Labute approximate surface area is 137 Å². The third kappa shape index (κ3) is 4.04. The minimum atomic E-state index is -0.637. The molecule has 23 heavy (non-hydrogen) atoms. The van der Waals surface area contributed by atoms with Crippen molar-refractivity contribution < 1.29 is 14.1 Å². The Bertz CT molecular complexity index is 752. The SMILES string of the molecule is CCN(Cc1cccc(F)c1)C(=O)c1ccc(Cl)c([N+](=O)[O-])c1. The zero-order chi connectivity index (χ0) is 17.0. The van der Waals surface area contributed by atoms with Crippen molar-refractivity contribution in [1.29, 1.82) is 0 Å². The number of benzene rings is 2.